The molecule has 7 heteroatoms. The summed E-state index contributed by atoms with van der Waals surface area (Å²) in [6, 6.07) is 4.62. The van der Waals surface area contributed by atoms with Crippen LogP contribution in [0.25, 0.3) is 10.8 Å². The number of anilines is 1. The molecule has 1 atom stereocenters. The number of nitro groups is 1. The van der Waals surface area contributed by atoms with Crippen molar-refractivity contribution in [3.05, 3.63) is 40.7 Å². The lowest BCUT2D eigenvalue weighted by Crippen LogP contribution is -2.23. The first-order valence-corrected chi connectivity index (χ1v) is 5.67. The van der Waals surface area contributed by atoms with Crippen molar-refractivity contribution in [3.63, 3.8) is 0 Å². The van der Waals surface area contributed by atoms with E-state index < -0.39 is 11.0 Å². The highest BCUT2D eigenvalue weighted by Gasteiger charge is 2.14. The third-order valence-corrected chi connectivity index (χ3v) is 2.73. The molecule has 1 heterocycles. The number of benzene rings is 1. The Morgan fingerprint density at radius 1 is 1.37 bits per heavy atom. The highest BCUT2D eigenvalue weighted by atomic mass is 16.6. The largest absolute Gasteiger partial charge is 0.394 e. The topological polar surface area (TPSA) is 109 Å². The van der Waals surface area contributed by atoms with E-state index in [1.807, 2.05) is 0 Å². The number of aliphatic hydroxyl groups is 2. The van der Waals surface area contributed by atoms with Crippen LogP contribution in [0.1, 0.15) is 0 Å². The average Bonchev–Trinajstić information content (AvgIpc) is 2.43. The van der Waals surface area contributed by atoms with Gasteiger partial charge >= 0.3 is 0 Å². The lowest BCUT2D eigenvalue weighted by atomic mass is 10.1. The van der Waals surface area contributed by atoms with Gasteiger partial charge in [-0.3, -0.25) is 15.1 Å². The number of aromatic nitrogens is 1. The van der Waals surface area contributed by atoms with Crippen molar-refractivity contribution in [3.8, 4) is 0 Å². The summed E-state index contributed by atoms with van der Waals surface area (Å²) >= 11 is 0. The predicted octanol–water partition coefficient (Wildman–Crippen LogP) is 0.908. The van der Waals surface area contributed by atoms with E-state index in [4.69, 9.17) is 5.11 Å². The highest BCUT2D eigenvalue weighted by Crippen LogP contribution is 2.30. The van der Waals surface area contributed by atoms with E-state index in [0.29, 0.717) is 16.5 Å². The van der Waals surface area contributed by atoms with Gasteiger partial charge in [-0.2, -0.15) is 0 Å². The van der Waals surface area contributed by atoms with Gasteiger partial charge in [0.05, 0.1) is 23.0 Å². The lowest BCUT2D eigenvalue weighted by Gasteiger charge is -2.12. The summed E-state index contributed by atoms with van der Waals surface area (Å²) < 4.78 is 0. The third-order valence-electron chi connectivity index (χ3n) is 2.73. The number of nitro benzene ring substituents is 1. The van der Waals surface area contributed by atoms with E-state index in [9.17, 15) is 15.2 Å². The SMILES string of the molecule is O=[N+]([O-])c1ccc(NCC(O)CO)c2ccncc12. The lowest BCUT2D eigenvalue weighted by molar-refractivity contribution is -0.383. The van der Waals surface area contributed by atoms with Crippen molar-refractivity contribution < 1.29 is 15.1 Å². The molecule has 1 aromatic carbocycles. The molecule has 2 rings (SSSR count). The van der Waals surface area contributed by atoms with Crippen molar-refractivity contribution in [2.75, 3.05) is 18.5 Å². The molecule has 0 saturated carbocycles. The van der Waals surface area contributed by atoms with Gasteiger partial charge in [0.25, 0.3) is 5.69 Å². The van der Waals surface area contributed by atoms with Gasteiger partial charge in [-0.15, -0.1) is 0 Å². The minimum Gasteiger partial charge on any atom is -0.394 e. The fourth-order valence-corrected chi connectivity index (χ4v) is 1.78. The summed E-state index contributed by atoms with van der Waals surface area (Å²) in [6.07, 6.45) is 2.09. The fourth-order valence-electron chi connectivity index (χ4n) is 1.78. The molecule has 1 unspecified atom stereocenters. The van der Waals surface area contributed by atoms with Gasteiger partial charge in [0.15, 0.2) is 0 Å². The molecule has 0 radical (unpaired) electrons. The molecule has 3 N–H and O–H groups in total. The summed E-state index contributed by atoms with van der Waals surface area (Å²) in [6.45, 7) is -0.189. The molecule has 0 aliphatic carbocycles. The van der Waals surface area contributed by atoms with E-state index in [2.05, 4.69) is 10.3 Å². The molecule has 19 heavy (non-hydrogen) atoms. The van der Waals surface area contributed by atoms with Gasteiger partial charge in [-0.25, -0.2) is 0 Å². The molecular formula is C12H13N3O4. The Morgan fingerprint density at radius 3 is 2.84 bits per heavy atom. The Kier molecular flexibility index (Phi) is 3.88. The maximum atomic E-state index is 10.9. The Morgan fingerprint density at radius 2 is 2.16 bits per heavy atom. The number of non-ortho nitro benzene ring substituents is 1. The molecule has 0 saturated heterocycles. The maximum Gasteiger partial charge on any atom is 0.278 e. The van der Waals surface area contributed by atoms with Crippen LogP contribution >= 0.6 is 0 Å². The molecule has 0 amide bonds. The Hall–Kier alpha value is -2.25. The van der Waals surface area contributed by atoms with Crippen LogP contribution in [0.3, 0.4) is 0 Å². The number of hydrogen-bond acceptors (Lipinski definition) is 6. The van der Waals surface area contributed by atoms with Crippen LogP contribution in [-0.2, 0) is 0 Å². The second kappa shape index (κ2) is 5.59. The fraction of sp³-hybridized carbons (Fsp3) is 0.250. The Labute approximate surface area is 108 Å². The van der Waals surface area contributed by atoms with Gasteiger partial charge in [0.1, 0.15) is 0 Å². The zero-order valence-electron chi connectivity index (χ0n) is 9.98. The second-order valence-electron chi connectivity index (χ2n) is 4.03. The molecule has 0 bridgehead atoms. The molecular weight excluding hydrogens is 250 g/mol. The molecule has 2 aromatic rings. The zero-order valence-corrected chi connectivity index (χ0v) is 9.98. The predicted molar refractivity (Wildman–Crippen MR) is 70.0 cm³/mol. The average molecular weight is 263 g/mol. The minimum atomic E-state index is -0.882. The number of nitrogens with one attached hydrogen (secondary N) is 1. The Bertz CT molecular complexity index is 603. The van der Waals surface area contributed by atoms with Crippen molar-refractivity contribution in [1.29, 1.82) is 0 Å². The normalized spacial score (nSPS) is 12.3. The van der Waals surface area contributed by atoms with E-state index in [-0.39, 0.29) is 18.8 Å². The van der Waals surface area contributed by atoms with Gasteiger partial charge in [0.2, 0.25) is 0 Å². The second-order valence-corrected chi connectivity index (χ2v) is 4.03. The first kappa shape index (κ1) is 13.2. The quantitative estimate of drug-likeness (QED) is 0.546. The highest BCUT2D eigenvalue weighted by molar-refractivity contribution is 5.99. The third kappa shape index (κ3) is 2.78. The number of rotatable bonds is 5. The van der Waals surface area contributed by atoms with Crippen molar-refractivity contribution in [2.45, 2.75) is 6.10 Å². The van der Waals surface area contributed by atoms with Gasteiger partial charge < -0.3 is 15.5 Å². The number of hydrogen-bond donors (Lipinski definition) is 3. The van der Waals surface area contributed by atoms with E-state index in [0.717, 1.165) is 0 Å². The van der Waals surface area contributed by atoms with Crippen molar-refractivity contribution in [2.24, 2.45) is 0 Å². The minimum absolute atomic E-state index is 0.0173. The zero-order chi connectivity index (χ0) is 13.8. The number of aliphatic hydroxyl groups excluding tert-OH is 2. The van der Waals surface area contributed by atoms with Gasteiger partial charge in [0, 0.05) is 36.1 Å². The van der Waals surface area contributed by atoms with E-state index in [1.165, 1.54) is 12.3 Å². The molecule has 1 aromatic heterocycles. The van der Waals surface area contributed by atoms with Crippen LogP contribution in [-0.4, -0.2) is 39.4 Å². The summed E-state index contributed by atoms with van der Waals surface area (Å²) in [7, 11) is 0. The number of pyridine rings is 1. The van der Waals surface area contributed by atoms with Gasteiger partial charge in [-0.1, -0.05) is 0 Å². The van der Waals surface area contributed by atoms with Crippen molar-refractivity contribution in [1.82, 2.24) is 4.98 Å². The maximum absolute atomic E-state index is 10.9. The molecule has 100 valence electrons. The number of nitrogens with zero attached hydrogens (tertiary/aromatic N) is 2. The smallest absolute Gasteiger partial charge is 0.278 e. The number of fused-ring (bicyclic) bond motifs is 1. The first-order chi connectivity index (χ1) is 9.13. The molecule has 0 aliphatic rings. The summed E-state index contributed by atoms with van der Waals surface area (Å²) in [4.78, 5) is 14.3. The van der Waals surface area contributed by atoms with Gasteiger partial charge in [-0.05, 0) is 12.1 Å². The van der Waals surface area contributed by atoms with E-state index >= 15 is 0 Å². The molecule has 0 fully saturated rings. The van der Waals surface area contributed by atoms with Crippen LogP contribution in [0.5, 0.6) is 0 Å². The van der Waals surface area contributed by atoms with Crippen molar-refractivity contribution >= 4 is 22.1 Å². The van der Waals surface area contributed by atoms with Crippen LogP contribution < -0.4 is 5.32 Å². The van der Waals surface area contributed by atoms with Crippen LogP contribution in [0, 0.1) is 10.1 Å². The molecule has 0 spiro atoms. The first-order valence-electron chi connectivity index (χ1n) is 5.67. The molecule has 7 nitrogen and oxygen atoms in total. The standard InChI is InChI=1S/C12H13N3O4/c16-7-8(17)5-14-11-1-2-12(15(18)19)10-6-13-4-3-9(10)11/h1-4,6,8,14,16-17H,5,7H2. The molecule has 0 aliphatic heterocycles. The summed E-state index contributed by atoms with van der Waals surface area (Å²) in [5.74, 6) is 0. The summed E-state index contributed by atoms with van der Waals surface area (Å²) in [5.41, 5.74) is 0.631. The van der Waals surface area contributed by atoms with Crippen LogP contribution in [0.4, 0.5) is 11.4 Å². The monoisotopic (exact) mass is 263 g/mol. The Balaban J connectivity index is 2.41. The van der Waals surface area contributed by atoms with E-state index in [1.54, 1.807) is 18.3 Å². The van der Waals surface area contributed by atoms with Crippen LogP contribution in [0.2, 0.25) is 0 Å². The van der Waals surface area contributed by atoms with Crippen LogP contribution in [0.15, 0.2) is 30.6 Å². The summed E-state index contributed by atoms with van der Waals surface area (Å²) in [5, 5.41) is 33.0.